The lowest BCUT2D eigenvalue weighted by molar-refractivity contribution is -0.0498. The van der Waals surface area contributed by atoms with Crippen molar-refractivity contribution in [3.8, 4) is 11.5 Å². The zero-order valence-electron chi connectivity index (χ0n) is 15.2. The van der Waals surface area contributed by atoms with E-state index < -0.39 is 12.5 Å². The highest BCUT2D eigenvalue weighted by Gasteiger charge is 2.20. The zero-order valence-corrected chi connectivity index (χ0v) is 15.2. The fourth-order valence-corrected chi connectivity index (χ4v) is 2.51. The zero-order chi connectivity index (χ0) is 20.1. The summed E-state index contributed by atoms with van der Waals surface area (Å²) in [6.07, 6.45) is 0. The maximum absolute atomic E-state index is 12.5. The molecule has 3 aromatic rings. The molecule has 28 heavy (non-hydrogen) atoms. The molecule has 8 heteroatoms. The molecule has 1 aromatic heterocycles. The van der Waals surface area contributed by atoms with Crippen molar-refractivity contribution in [3.63, 3.8) is 0 Å². The molecular formula is C20H18F2N2O4. The number of ether oxygens (including phenoxy) is 2. The summed E-state index contributed by atoms with van der Waals surface area (Å²) in [6, 6.07) is 13.1. The van der Waals surface area contributed by atoms with Gasteiger partial charge in [0, 0.05) is 5.69 Å². The van der Waals surface area contributed by atoms with Gasteiger partial charge in [-0.2, -0.15) is 8.78 Å². The number of amides is 1. The van der Waals surface area contributed by atoms with E-state index in [1.807, 2.05) is 31.2 Å². The molecule has 1 N–H and O–H groups in total. The van der Waals surface area contributed by atoms with Crippen molar-refractivity contribution in [1.82, 2.24) is 5.16 Å². The number of hydrogen-bond donors (Lipinski definition) is 1. The molecule has 0 aliphatic rings. The summed E-state index contributed by atoms with van der Waals surface area (Å²) in [5.41, 5.74) is 2.07. The average molecular weight is 388 g/mol. The smallest absolute Gasteiger partial charge is 0.387 e. The van der Waals surface area contributed by atoms with E-state index in [1.54, 1.807) is 6.92 Å². The maximum atomic E-state index is 12.5. The molecule has 3 rings (SSSR count). The van der Waals surface area contributed by atoms with Gasteiger partial charge in [0.05, 0.1) is 5.56 Å². The molecular weight excluding hydrogens is 370 g/mol. The molecule has 0 saturated heterocycles. The van der Waals surface area contributed by atoms with Crippen molar-refractivity contribution < 1.29 is 27.6 Å². The van der Waals surface area contributed by atoms with Crippen LogP contribution in [0, 0.1) is 13.8 Å². The number of alkyl halides is 2. The minimum absolute atomic E-state index is 0.00229. The third-order valence-corrected chi connectivity index (χ3v) is 3.91. The van der Waals surface area contributed by atoms with Gasteiger partial charge in [0.2, 0.25) is 0 Å². The van der Waals surface area contributed by atoms with E-state index in [0.717, 1.165) is 5.56 Å². The number of benzene rings is 2. The van der Waals surface area contributed by atoms with Crippen molar-refractivity contribution in [2.45, 2.75) is 27.1 Å². The van der Waals surface area contributed by atoms with Gasteiger partial charge in [-0.15, -0.1) is 0 Å². The quantitative estimate of drug-likeness (QED) is 0.634. The van der Waals surface area contributed by atoms with Crippen molar-refractivity contribution in [3.05, 3.63) is 71.1 Å². The first-order valence-electron chi connectivity index (χ1n) is 8.43. The molecule has 0 saturated carbocycles. The number of aryl methyl sites for hydroxylation is 2. The highest BCUT2D eigenvalue weighted by Crippen LogP contribution is 2.21. The number of carbonyl (C=O) groups excluding carboxylic acids is 1. The van der Waals surface area contributed by atoms with Gasteiger partial charge in [0.25, 0.3) is 5.91 Å². The fourth-order valence-electron chi connectivity index (χ4n) is 2.51. The van der Waals surface area contributed by atoms with Gasteiger partial charge >= 0.3 is 6.61 Å². The first-order chi connectivity index (χ1) is 13.4. The van der Waals surface area contributed by atoms with Crippen LogP contribution in [0.2, 0.25) is 0 Å². The molecule has 6 nitrogen and oxygen atoms in total. The van der Waals surface area contributed by atoms with Crippen LogP contribution in [0.4, 0.5) is 14.5 Å². The van der Waals surface area contributed by atoms with Gasteiger partial charge in [-0.1, -0.05) is 17.3 Å². The number of halogens is 2. The Kier molecular flexibility index (Phi) is 5.88. The summed E-state index contributed by atoms with van der Waals surface area (Å²) in [5.74, 6) is 0.639. The Bertz CT molecular complexity index is 955. The molecule has 0 fully saturated rings. The van der Waals surface area contributed by atoms with E-state index in [9.17, 15) is 13.6 Å². The molecule has 0 spiro atoms. The molecule has 0 aliphatic heterocycles. The number of nitrogens with zero attached hydrogens (tertiary/aromatic N) is 1. The molecule has 2 aromatic carbocycles. The van der Waals surface area contributed by atoms with Gasteiger partial charge in [0.1, 0.15) is 23.9 Å². The van der Waals surface area contributed by atoms with Crippen molar-refractivity contribution in [2.24, 2.45) is 0 Å². The Morgan fingerprint density at radius 1 is 1.14 bits per heavy atom. The van der Waals surface area contributed by atoms with E-state index in [4.69, 9.17) is 9.26 Å². The summed E-state index contributed by atoms with van der Waals surface area (Å²) in [5, 5.41) is 6.45. The Hall–Kier alpha value is -3.42. The standard InChI is InChI=1S/C20H18F2N2O4/c1-12-4-3-5-16(10-12)26-11-17-13(2)28-24-18(17)19(25)23-14-6-8-15(9-7-14)27-20(21)22/h3-10,20H,11H2,1-2H3,(H,23,25). The Labute approximate surface area is 160 Å². The molecule has 0 atom stereocenters. The van der Waals surface area contributed by atoms with Crippen LogP contribution in [-0.4, -0.2) is 17.7 Å². The minimum Gasteiger partial charge on any atom is -0.489 e. The number of hydrogen-bond acceptors (Lipinski definition) is 5. The van der Waals surface area contributed by atoms with E-state index in [0.29, 0.717) is 22.8 Å². The summed E-state index contributed by atoms with van der Waals surface area (Å²) in [7, 11) is 0. The Balaban J connectivity index is 1.68. The molecule has 0 radical (unpaired) electrons. The third-order valence-electron chi connectivity index (χ3n) is 3.91. The number of rotatable bonds is 7. The number of carbonyl (C=O) groups is 1. The van der Waals surface area contributed by atoms with Crippen LogP contribution in [0.5, 0.6) is 11.5 Å². The highest BCUT2D eigenvalue weighted by atomic mass is 19.3. The van der Waals surface area contributed by atoms with E-state index in [1.165, 1.54) is 24.3 Å². The molecule has 1 amide bonds. The summed E-state index contributed by atoms with van der Waals surface area (Å²) < 4.78 is 39.5. The highest BCUT2D eigenvalue weighted by molar-refractivity contribution is 6.03. The van der Waals surface area contributed by atoms with E-state index in [2.05, 4.69) is 15.2 Å². The van der Waals surface area contributed by atoms with Crippen LogP contribution in [0.25, 0.3) is 0 Å². The van der Waals surface area contributed by atoms with Gasteiger partial charge in [-0.25, -0.2) is 0 Å². The average Bonchev–Trinajstić information content (AvgIpc) is 3.02. The summed E-state index contributed by atoms with van der Waals surface area (Å²) in [6.45, 7) is 0.848. The number of aromatic nitrogens is 1. The summed E-state index contributed by atoms with van der Waals surface area (Å²) >= 11 is 0. The molecule has 0 bridgehead atoms. The van der Waals surface area contributed by atoms with Gasteiger partial charge in [-0.3, -0.25) is 4.79 Å². The maximum Gasteiger partial charge on any atom is 0.387 e. The second-order valence-electron chi connectivity index (χ2n) is 6.03. The molecule has 0 aliphatic carbocycles. The van der Waals surface area contributed by atoms with Gasteiger partial charge in [-0.05, 0) is 55.8 Å². The second kappa shape index (κ2) is 8.51. The Morgan fingerprint density at radius 2 is 1.89 bits per heavy atom. The summed E-state index contributed by atoms with van der Waals surface area (Å²) in [4.78, 5) is 12.5. The van der Waals surface area contributed by atoms with Crippen molar-refractivity contribution >= 4 is 11.6 Å². The van der Waals surface area contributed by atoms with Crippen LogP contribution in [-0.2, 0) is 6.61 Å². The molecule has 0 unspecified atom stereocenters. The van der Waals surface area contributed by atoms with E-state index in [-0.39, 0.29) is 18.1 Å². The van der Waals surface area contributed by atoms with Crippen molar-refractivity contribution in [2.75, 3.05) is 5.32 Å². The first-order valence-corrected chi connectivity index (χ1v) is 8.43. The monoisotopic (exact) mass is 388 g/mol. The fraction of sp³-hybridized carbons (Fsp3) is 0.200. The predicted molar refractivity (Wildman–Crippen MR) is 97.8 cm³/mol. The van der Waals surface area contributed by atoms with Gasteiger partial charge < -0.3 is 19.3 Å². The van der Waals surface area contributed by atoms with Crippen LogP contribution < -0.4 is 14.8 Å². The van der Waals surface area contributed by atoms with Crippen LogP contribution in [0.1, 0.15) is 27.4 Å². The second-order valence-corrected chi connectivity index (χ2v) is 6.03. The lowest BCUT2D eigenvalue weighted by atomic mass is 10.2. The van der Waals surface area contributed by atoms with E-state index >= 15 is 0 Å². The number of anilines is 1. The van der Waals surface area contributed by atoms with Crippen LogP contribution in [0.15, 0.2) is 53.1 Å². The lowest BCUT2D eigenvalue weighted by Crippen LogP contribution is -2.15. The normalized spacial score (nSPS) is 10.8. The minimum atomic E-state index is -2.91. The predicted octanol–water partition coefficient (Wildman–Crippen LogP) is 4.72. The molecule has 1 heterocycles. The number of nitrogens with one attached hydrogen (secondary N) is 1. The topological polar surface area (TPSA) is 73.6 Å². The SMILES string of the molecule is Cc1cccc(OCc2c(C(=O)Nc3ccc(OC(F)F)cc3)noc2C)c1. The Morgan fingerprint density at radius 3 is 2.57 bits per heavy atom. The van der Waals surface area contributed by atoms with Gasteiger partial charge in [0.15, 0.2) is 5.69 Å². The largest absolute Gasteiger partial charge is 0.489 e. The third kappa shape index (κ3) is 4.85. The first kappa shape index (κ1) is 19.3. The lowest BCUT2D eigenvalue weighted by Gasteiger charge is -2.09. The van der Waals surface area contributed by atoms with Crippen LogP contribution >= 0.6 is 0 Å². The molecule has 146 valence electrons. The van der Waals surface area contributed by atoms with Crippen molar-refractivity contribution in [1.29, 1.82) is 0 Å². The van der Waals surface area contributed by atoms with Crippen LogP contribution in [0.3, 0.4) is 0 Å².